The third-order valence-electron chi connectivity index (χ3n) is 3.05. The Morgan fingerprint density at radius 1 is 1.18 bits per heavy atom. The maximum absolute atomic E-state index is 5.75. The fourth-order valence-electron chi connectivity index (χ4n) is 2.00. The number of para-hydroxylation sites is 2. The highest BCUT2D eigenvalue weighted by Gasteiger charge is 2.07. The van der Waals surface area contributed by atoms with Gasteiger partial charge in [0.05, 0.1) is 18.0 Å². The SMILES string of the molecule is CCCOc1ccccc1Nc1nc(-c2cccnc2)cs1. The van der Waals surface area contributed by atoms with Crippen molar-refractivity contribution in [2.45, 2.75) is 13.3 Å². The molecule has 0 saturated carbocycles. The van der Waals surface area contributed by atoms with Crippen molar-refractivity contribution in [2.24, 2.45) is 0 Å². The maximum atomic E-state index is 5.75. The average Bonchev–Trinajstić information content (AvgIpc) is 3.03. The van der Waals surface area contributed by atoms with E-state index in [0.29, 0.717) is 6.61 Å². The van der Waals surface area contributed by atoms with E-state index >= 15 is 0 Å². The summed E-state index contributed by atoms with van der Waals surface area (Å²) >= 11 is 1.57. The van der Waals surface area contributed by atoms with Gasteiger partial charge in [0, 0.05) is 23.3 Å². The van der Waals surface area contributed by atoms with E-state index in [2.05, 4.69) is 22.2 Å². The lowest BCUT2D eigenvalue weighted by Gasteiger charge is -2.10. The smallest absolute Gasteiger partial charge is 0.187 e. The van der Waals surface area contributed by atoms with Crippen LogP contribution in [0.3, 0.4) is 0 Å². The van der Waals surface area contributed by atoms with Gasteiger partial charge in [-0.1, -0.05) is 19.1 Å². The first kappa shape index (κ1) is 14.5. The zero-order chi connectivity index (χ0) is 15.2. The van der Waals surface area contributed by atoms with Crippen LogP contribution in [0.15, 0.2) is 54.2 Å². The molecule has 0 fully saturated rings. The number of pyridine rings is 1. The molecule has 0 aliphatic heterocycles. The Hall–Kier alpha value is -2.40. The maximum Gasteiger partial charge on any atom is 0.187 e. The fraction of sp³-hybridized carbons (Fsp3) is 0.176. The molecule has 0 amide bonds. The van der Waals surface area contributed by atoms with Gasteiger partial charge in [-0.05, 0) is 30.7 Å². The second-order valence-corrected chi connectivity index (χ2v) is 5.61. The molecule has 0 spiro atoms. The van der Waals surface area contributed by atoms with E-state index in [1.807, 2.05) is 48.0 Å². The van der Waals surface area contributed by atoms with Crippen molar-refractivity contribution in [1.82, 2.24) is 9.97 Å². The summed E-state index contributed by atoms with van der Waals surface area (Å²) in [7, 11) is 0. The molecule has 4 nitrogen and oxygen atoms in total. The molecule has 112 valence electrons. The van der Waals surface area contributed by atoms with Gasteiger partial charge in [0.15, 0.2) is 5.13 Å². The van der Waals surface area contributed by atoms with Gasteiger partial charge < -0.3 is 10.1 Å². The van der Waals surface area contributed by atoms with E-state index in [0.717, 1.165) is 34.2 Å². The standard InChI is InChI=1S/C17H17N3OS/c1-2-10-21-16-8-4-3-7-14(16)19-17-20-15(12-22-17)13-6-5-9-18-11-13/h3-9,11-12H,2,10H2,1H3,(H,19,20). The molecule has 0 aliphatic rings. The highest BCUT2D eigenvalue weighted by atomic mass is 32.1. The lowest BCUT2D eigenvalue weighted by Crippen LogP contribution is -1.99. The predicted molar refractivity (Wildman–Crippen MR) is 90.9 cm³/mol. The Bertz CT molecular complexity index is 728. The van der Waals surface area contributed by atoms with Crippen LogP contribution in [0.2, 0.25) is 0 Å². The third-order valence-corrected chi connectivity index (χ3v) is 3.81. The summed E-state index contributed by atoms with van der Waals surface area (Å²) in [5.74, 6) is 0.850. The molecule has 0 bridgehead atoms. The van der Waals surface area contributed by atoms with Crippen LogP contribution in [0.5, 0.6) is 5.75 Å². The second-order valence-electron chi connectivity index (χ2n) is 4.75. The van der Waals surface area contributed by atoms with Crippen LogP contribution >= 0.6 is 11.3 Å². The minimum Gasteiger partial charge on any atom is -0.491 e. The summed E-state index contributed by atoms with van der Waals surface area (Å²) in [4.78, 5) is 8.74. The van der Waals surface area contributed by atoms with E-state index < -0.39 is 0 Å². The number of aromatic nitrogens is 2. The summed E-state index contributed by atoms with van der Waals surface area (Å²) in [6.07, 6.45) is 4.56. The van der Waals surface area contributed by atoms with Crippen molar-refractivity contribution in [1.29, 1.82) is 0 Å². The second kappa shape index (κ2) is 7.04. The van der Waals surface area contributed by atoms with Gasteiger partial charge >= 0.3 is 0 Å². The zero-order valence-corrected chi connectivity index (χ0v) is 13.1. The van der Waals surface area contributed by atoms with Crippen LogP contribution in [0.4, 0.5) is 10.8 Å². The molecule has 3 rings (SSSR count). The number of nitrogens with zero attached hydrogens (tertiary/aromatic N) is 2. The third kappa shape index (κ3) is 3.43. The van der Waals surface area contributed by atoms with Crippen LogP contribution in [-0.4, -0.2) is 16.6 Å². The Kier molecular flexibility index (Phi) is 4.65. The van der Waals surface area contributed by atoms with Gasteiger partial charge in [0.2, 0.25) is 0 Å². The molecule has 1 aromatic carbocycles. The van der Waals surface area contributed by atoms with E-state index in [4.69, 9.17) is 4.74 Å². The lowest BCUT2D eigenvalue weighted by molar-refractivity contribution is 0.319. The summed E-state index contributed by atoms with van der Waals surface area (Å²) in [6, 6.07) is 11.8. The molecular formula is C17H17N3OS. The van der Waals surface area contributed by atoms with Gasteiger partial charge in [-0.15, -0.1) is 11.3 Å². The van der Waals surface area contributed by atoms with Crippen LogP contribution < -0.4 is 10.1 Å². The molecular weight excluding hydrogens is 294 g/mol. The van der Waals surface area contributed by atoms with Crippen molar-refractivity contribution in [3.05, 3.63) is 54.2 Å². The van der Waals surface area contributed by atoms with E-state index in [-0.39, 0.29) is 0 Å². The van der Waals surface area contributed by atoms with Gasteiger partial charge in [-0.3, -0.25) is 4.98 Å². The number of thiazole rings is 1. The van der Waals surface area contributed by atoms with Crippen LogP contribution in [-0.2, 0) is 0 Å². The summed E-state index contributed by atoms with van der Waals surface area (Å²) < 4.78 is 5.75. The van der Waals surface area contributed by atoms with Crippen LogP contribution in [0.25, 0.3) is 11.3 Å². The largest absolute Gasteiger partial charge is 0.491 e. The van der Waals surface area contributed by atoms with Crippen LogP contribution in [0.1, 0.15) is 13.3 Å². The van der Waals surface area contributed by atoms with Crippen molar-refractivity contribution < 1.29 is 4.74 Å². The molecule has 0 aliphatic carbocycles. The molecule has 2 aromatic heterocycles. The van der Waals surface area contributed by atoms with Gasteiger partial charge in [0.1, 0.15) is 5.75 Å². The number of nitrogens with one attached hydrogen (secondary N) is 1. The number of benzene rings is 1. The zero-order valence-electron chi connectivity index (χ0n) is 12.3. The van der Waals surface area contributed by atoms with Gasteiger partial charge in [-0.25, -0.2) is 4.98 Å². The summed E-state index contributed by atoms with van der Waals surface area (Å²) in [6.45, 7) is 2.80. The summed E-state index contributed by atoms with van der Waals surface area (Å²) in [5, 5.41) is 6.20. The highest BCUT2D eigenvalue weighted by molar-refractivity contribution is 7.14. The number of ether oxygens (including phenoxy) is 1. The molecule has 0 atom stereocenters. The van der Waals surface area contributed by atoms with Crippen molar-refractivity contribution in [3.8, 4) is 17.0 Å². The molecule has 0 saturated heterocycles. The molecule has 0 radical (unpaired) electrons. The van der Waals surface area contributed by atoms with Crippen molar-refractivity contribution in [2.75, 3.05) is 11.9 Å². The number of rotatable bonds is 6. The molecule has 0 unspecified atom stereocenters. The Morgan fingerprint density at radius 2 is 2.09 bits per heavy atom. The average molecular weight is 311 g/mol. The van der Waals surface area contributed by atoms with E-state index in [1.54, 1.807) is 17.5 Å². The Balaban J connectivity index is 1.78. The highest BCUT2D eigenvalue weighted by Crippen LogP contribution is 2.31. The Morgan fingerprint density at radius 3 is 2.91 bits per heavy atom. The predicted octanol–water partition coefficient (Wildman–Crippen LogP) is 4.74. The van der Waals surface area contributed by atoms with Crippen LogP contribution in [0, 0.1) is 0 Å². The number of hydrogen-bond acceptors (Lipinski definition) is 5. The Labute approximate surface area is 133 Å². The van der Waals surface area contributed by atoms with Crippen molar-refractivity contribution in [3.63, 3.8) is 0 Å². The van der Waals surface area contributed by atoms with Gasteiger partial charge in [0.25, 0.3) is 0 Å². The van der Waals surface area contributed by atoms with Gasteiger partial charge in [-0.2, -0.15) is 0 Å². The van der Waals surface area contributed by atoms with E-state index in [9.17, 15) is 0 Å². The first-order valence-electron chi connectivity index (χ1n) is 7.21. The first-order chi connectivity index (χ1) is 10.9. The molecule has 5 heteroatoms. The minimum absolute atomic E-state index is 0.706. The number of anilines is 2. The lowest BCUT2D eigenvalue weighted by atomic mass is 10.2. The fourth-order valence-corrected chi connectivity index (χ4v) is 2.73. The normalized spacial score (nSPS) is 10.4. The quantitative estimate of drug-likeness (QED) is 0.714. The summed E-state index contributed by atoms with van der Waals surface area (Å²) in [5.41, 5.74) is 2.87. The first-order valence-corrected chi connectivity index (χ1v) is 8.09. The number of hydrogen-bond donors (Lipinski definition) is 1. The topological polar surface area (TPSA) is 47.0 Å². The molecule has 3 aromatic rings. The van der Waals surface area contributed by atoms with Crippen molar-refractivity contribution >= 4 is 22.2 Å². The van der Waals surface area contributed by atoms with E-state index in [1.165, 1.54) is 0 Å². The molecule has 1 N–H and O–H groups in total. The molecule has 22 heavy (non-hydrogen) atoms. The minimum atomic E-state index is 0.706. The monoisotopic (exact) mass is 311 g/mol. The molecule has 2 heterocycles.